The van der Waals surface area contributed by atoms with Gasteiger partial charge in [-0.15, -0.1) is 0 Å². The summed E-state index contributed by atoms with van der Waals surface area (Å²) in [6, 6.07) is 4.62. The second-order valence-electron chi connectivity index (χ2n) is 4.09. The van der Waals surface area contributed by atoms with Crippen molar-refractivity contribution in [3.05, 3.63) is 40.6 Å². The maximum atomic E-state index is 13.5. The average molecular weight is 298 g/mol. The zero-order chi connectivity index (χ0) is 12.3. The fourth-order valence-corrected chi connectivity index (χ4v) is 2.19. The van der Waals surface area contributed by atoms with Crippen LogP contribution in [0.4, 0.5) is 10.1 Å². The van der Waals surface area contributed by atoms with Gasteiger partial charge in [0.2, 0.25) is 5.91 Å². The van der Waals surface area contributed by atoms with Gasteiger partial charge in [-0.3, -0.25) is 4.79 Å². The number of hydrogen-bond acceptors (Lipinski definition) is 1. The number of carbonyl (C=O) groups excluding carboxylic acids is 1. The molecule has 1 aliphatic carbocycles. The van der Waals surface area contributed by atoms with Crippen LogP contribution in [0.5, 0.6) is 0 Å². The molecule has 0 aliphatic heterocycles. The van der Waals surface area contributed by atoms with E-state index in [9.17, 15) is 9.18 Å². The van der Waals surface area contributed by atoms with Gasteiger partial charge < -0.3 is 5.32 Å². The normalized spacial score (nSPS) is 19.1. The van der Waals surface area contributed by atoms with E-state index in [1.165, 1.54) is 6.07 Å². The lowest BCUT2D eigenvalue weighted by molar-refractivity contribution is -0.120. The third-order valence-electron chi connectivity index (χ3n) is 2.83. The Hall–Kier alpha value is -1.16. The highest BCUT2D eigenvalue weighted by Crippen LogP contribution is 2.23. The van der Waals surface area contributed by atoms with Crippen molar-refractivity contribution in [2.24, 2.45) is 5.92 Å². The number of allylic oxidation sites excluding steroid dienone is 2. The Kier molecular flexibility index (Phi) is 3.94. The Labute approximate surface area is 108 Å². The number of halogens is 2. The Morgan fingerprint density at radius 2 is 2.24 bits per heavy atom. The lowest BCUT2D eigenvalue weighted by Crippen LogP contribution is -2.23. The topological polar surface area (TPSA) is 29.1 Å². The van der Waals surface area contributed by atoms with Crippen LogP contribution in [0, 0.1) is 11.7 Å². The molecule has 0 spiro atoms. The molecule has 0 aromatic heterocycles. The zero-order valence-electron chi connectivity index (χ0n) is 9.25. The van der Waals surface area contributed by atoms with Crippen molar-refractivity contribution in [3.63, 3.8) is 0 Å². The van der Waals surface area contributed by atoms with Crippen molar-refractivity contribution in [1.29, 1.82) is 0 Å². The molecule has 1 aromatic rings. The summed E-state index contributed by atoms with van der Waals surface area (Å²) in [5.41, 5.74) is 0.243. The van der Waals surface area contributed by atoms with Gasteiger partial charge in [-0.05, 0) is 37.5 Å². The fourth-order valence-electron chi connectivity index (χ4n) is 1.86. The van der Waals surface area contributed by atoms with Crippen LogP contribution in [0.15, 0.2) is 34.8 Å². The summed E-state index contributed by atoms with van der Waals surface area (Å²) < 4.78 is 14.2. The molecule has 1 aliphatic rings. The van der Waals surface area contributed by atoms with Crippen LogP contribution in [0.2, 0.25) is 0 Å². The quantitative estimate of drug-likeness (QED) is 0.825. The fraction of sp³-hybridized carbons (Fsp3) is 0.308. The summed E-state index contributed by atoms with van der Waals surface area (Å²) in [5.74, 6) is -0.558. The molecule has 1 unspecified atom stereocenters. The van der Waals surface area contributed by atoms with Gasteiger partial charge in [0.15, 0.2) is 0 Å². The van der Waals surface area contributed by atoms with Crippen LogP contribution < -0.4 is 5.32 Å². The van der Waals surface area contributed by atoms with E-state index >= 15 is 0 Å². The van der Waals surface area contributed by atoms with Crippen LogP contribution in [-0.2, 0) is 4.79 Å². The molecule has 0 fully saturated rings. The summed E-state index contributed by atoms with van der Waals surface area (Å²) in [4.78, 5) is 11.9. The summed E-state index contributed by atoms with van der Waals surface area (Å²) in [7, 11) is 0. The zero-order valence-corrected chi connectivity index (χ0v) is 10.8. The minimum Gasteiger partial charge on any atom is -0.323 e. The van der Waals surface area contributed by atoms with E-state index in [4.69, 9.17) is 0 Å². The van der Waals surface area contributed by atoms with E-state index in [0.29, 0.717) is 4.47 Å². The van der Waals surface area contributed by atoms with Crippen molar-refractivity contribution in [3.8, 4) is 0 Å². The number of hydrogen-bond donors (Lipinski definition) is 1. The lowest BCUT2D eigenvalue weighted by Gasteiger charge is -2.17. The highest BCUT2D eigenvalue weighted by molar-refractivity contribution is 9.10. The summed E-state index contributed by atoms with van der Waals surface area (Å²) in [6.45, 7) is 0. The maximum absolute atomic E-state index is 13.5. The number of amides is 1. The first-order chi connectivity index (χ1) is 8.16. The standard InChI is InChI=1S/C13H13BrFNO/c14-10-6-7-12(11(15)8-10)16-13(17)9-4-2-1-3-5-9/h1-2,6-9H,3-5H2,(H,16,17). The first-order valence-electron chi connectivity index (χ1n) is 5.58. The number of carbonyl (C=O) groups is 1. The van der Waals surface area contributed by atoms with Gasteiger partial charge >= 0.3 is 0 Å². The molecule has 1 amide bonds. The lowest BCUT2D eigenvalue weighted by atomic mass is 9.93. The Bertz CT molecular complexity index is 459. The van der Waals surface area contributed by atoms with Gasteiger partial charge in [-0.25, -0.2) is 4.39 Å². The highest BCUT2D eigenvalue weighted by atomic mass is 79.9. The van der Waals surface area contributed by atoms with Crippen LogP contribution in [0.1, 0.15) is 19.3 Å². The Morgan fingerprint density at radius 3 is 2.88 bits per heavy atom. The van der Waals surface area contributed by atoms with Gasteiger partial charge in [0.1, 0.15) is 5.82 Å². The van der Waals surface area contributed by atoms with Gasteiger partial charge in [-0.1, -0.05) is 28.1 Å². The molecule has 4 heteroatoms. The third kappa shape index (κ3) is 3.16. The van der Waals surface area contributed by atoms with E-state index in [0.717, 1.165) is 19.3 Å². The molecule has 1 atom stereocenters. The summed E-state index contributed by atoms with van der Waals surface area (Å²) in [5, 5.41) is 2.64. The molecule has 2 nitrogen and oxygen atoms in total. The van der Waals surface area contributed by atoms with Gasteiger partial charge in [0.05, 0.1) is 5.69 Å². The largest absolute Gasteiger partial charge is 0.323 e. The molecule has 0 radical (unpaired) electrons. The molecule has 0 heterocycles. The third-order valence-corrected chi connectivity index (χ3v) is 3.32. The number of anilines is 1. The first-order valence-corrected chi connectivity index (χ1v) is 6.37. The minimum atomic E-state index is -0.418. The Morgan fingerprint density at radius 1 is 1.41 bits per heavy atom. The predicted molar refractivity (Wildman–Crippen MR) is 69.2 cm³/mol. The second kappa shape index (κ2) is 5.45. The van der Waals surface area contributed by atoms with E-state index in [1.54, 1.807) is 12.1 Å². The van der Waals surface area contributed by atoms with Crippen LogP contribution >= 0.6 is 15.9 Å². The smallest absolute Gasteiger partial charge is 0.227 e. The number of nitrogens with one attached hydrogen (secondary N) is 1. The minimum absolute atomic E-state index is 0.0388. The van der Waals surface area contributed by atoms with Gasteiger partial charge in [0, 0.05) is 10.4 Å². The molecular formula is C13H13BrFNO. The van der Waals surface area contributed by atoms with Crippen molar-refractivity contribution in [2.45, 2.75) is 19.3 Å². The van der Waals surface area contributed by atoms with E-state index in [2.05, 4.69) is 27.3 Å². The van der Waals surface area contributed by atoms with Crippen molar-refractivity contribution in [2.75, 3.05) is 5.32 Å². The molecule has 17 heavy (non-hydrogen) atoms. The SMILES string of the molecule is O=C(Nc1ccc(Br)cc1F)C1CC=CCC1. The van der Waals surface area contributed by atoms with Crippen molar-refractivity contribution in [1.82, 2.24) is 0 Å². The van der Waals surface area contributed by atoms with Crippen LogP contribution in [0.25, 0.3) is 0 Å². The number of benzene rings is 1. The van der Waals surface area contributed by atoms with Gasteiger partial charge in [-0.2, -0.15) is 0 Å². The average Bonchev–Trinajstić information content (AvgIpc) is 2.34. The molecule has 1 aromatic carbocycles. The monoisotopic (exact) mass is 297 g/mol. The molecule has 2 rings (SSSR count). The van der Waals surface area contributed by atoms with Crippen LogP contribution in [0.3, 0.4) is 0 Å². The van der Waals surface area contributed by atoms with Crippen LogP contribution in [-0.4, -0.2) is 5.91 Å². The molecule has 0 saturated carbocycles. The van der Waals surface area contributed by atoms with E-state index < -0.39 is 5.82 Å². The second-order valence-corrected chi connectivity index (χ2v) is 5.01. The molecule has 90 valence electrons. The predicted octanol–water partition coefficient (Wildman–Crippen LogP) is 3.88. The van der Waals surface area contributed by atoms with Crippen molar-refractivity contribution >= 4 is 27.5 Å². The molecular weight excluding hydrogens is 285 g/mol. The highest BCUT2D eigenvalue weighted by Gasteiger charge is 2.19. The number of rotatable bonds is 2. The molecule has 1 N–H and O–H groups in total. The summed E-state index contributed by atoms with van der Waals surface area (Å²) in [6.07, 6.45) is 6.57. The van der Waals surface area contributed by atoms with Crippen molar-refractivity contribution < 1.29 is 9.18 Å². The maximum Gasteiger partial charge on any atom is 0.227 e. The first kappa shape index (κ1) is 12.3. The Balaban J connectivity index is 2.05. The molecule has 0 bridgehead atoms. The van der Waals surface area contributed by atoms with E-state index in [1.807, 2.05) is 6.08 Å². The van der Waals surface area contributed by atoms with E-state index in [-0.39, 0.29) is 17.5 Å². The molecule has 0 saturated heterocycles. The van der Waals surface area contributed by atoms with Gasteiger partial charge in [0.25, 0.3) is 0 Å². The summed E-state index contributed by atoms with van der Waals surface area (Å²) >= 11 is 3.18.